The van der Waals surface area contributed by atoms with Gasteiger partial charge in [0.2, 0.25) is 5.91 Å². The Hall–Kier alpha value is -4.48. The second kappa shape index (κ2) is 11.7. The number of halogens is 1. The summed E-state index contributed by atoms with van der Waals surface area (Å²) < 4.78 is 24.3. The number of furan rings is 1. The largest absolute Gasteiger partial charge is 0.494 e. The highest BCUT2D eigenvalue weighted by atomic mass is 19.1. The van der Waals surface area contributed by atoms with Crippen LogP contribution in [0.1, 0.15) is 61.3 Å². The van der Waals surface area contributed by atoms with Crippen molar-refractivity contribution in [1.82, 2.24) is 20.5 Å². The summed E-state index contributed by atoms with van der Waals surface area (Å²) in [6.45, 7) is 6.62. The van der Waals surface area contributed by atoms with Crippen LogP contribution in [0.5, 0.6) is 5.75 Å². The van der Waals surface area contributed by atoms with Crippen LogP contribution in [-0.2, 0) is 16.0 Å². The number of hydrogen-bond donors (Lipinski definition) is 2. The maximum absolute atomic E-state index is 13.8. The molecule has 2 N–H and O–H groups in total. The van der Waals surface area contributed by atoms with Crippen LogP contribution in [0.2, 0.25) is 0 Å². The average molecular weight is 554 g/mol. The highest BCUT2D eigenvalue weighted by Gasteiger charge is 2.34. The molecule has 3 aliphatic heterocycles. The van der Waals surface area contributed by atoms with Crippen molar-refractivity contribution in [2.45, 2.75) is 52.1 Å². The van der Waals surface area contributed by atoms with Gasteiger partial charge in [-0.1, -0.05) is 19.9 Å². The molecule has 0 radical (unpaired) electrons. The molecule has 0 bridgehead atoms. The quantitative estimate of drug-likeness (QED) is 0.472. The summed E-state index contributed by atoms with van der Waals surface area (Å²) in [6.07, 6.45) is 2.02. The summed E-state index contributed by atoms with van der Waals surface area (Å²) in [7, 11) is 3.06. The topological polar surface area (TPSA) is 134 Å². The van der Waals surface area contributed by atoms with Crippen molar-refractivity contribution in [3.63, 3.8) is 0 Å². The molecule has 11 nitrogen and oxygen atoms in total. The van der Waals surface area contributed by atoms with Crippen molar-refractivity contribution in [2.75, 3.05) is 25.6 Å². The maximum atomic E-state index is 13.8. The van der Waals surface area contributed by atoms with Gasteiger partial charge in [-0.2, -0.15) is 0 Å². The molecule has 2 atom stereocenters. The zero-order chi connectivity index (χ0) is 29.1. The number of imide groups is 1. The van der Waals surface area contributed by atoms with E-state index in [4.69, 9.17) is 9.15 Å². The van der Waals surface area contributed by atoms with E-state index in [-0.39, 0.29) is 29.2 Å². The lowest BCUT2D eigenvalue weighted by Gasteiger charge is -2.25. The second-order valence-corrected chi connectivity index (χ2v) is 9.34. The smallest absolute Gasteiger partial charge is 0.322 e. The molecule has 6 rings (SSSR count). The van der Waals surface area contributed by atoms with Crippen LogP contribution in [0.4, 0.5) is 15.0 Å². The molecule has 0 aliphatic carbocycles. The van der Waals surface area contributed by atoms with E-state index in [2.05, 4.69) is 15.6 Å². The van der Waals surface area contributed by atoms with E-state index in [1.54, 1.807) is 42.3 Å². The number of nitrogens with one attached hydrogen (secondary N) is 2. The van der Waals surface area contributed by atoms with Gasteiger partial charge in [-0.25, -0.2) is 14.2 Å². The van der Waals surface area contributed by atoms with Crippen molar-refractivity contribution in [3.05, 3.63) is 53.0 Å². The van der Waals surface area contributed by atoms with Crippen molar-refractivity contribution >= 4 is 40.7 Å². The van der Waals surface area contributed by atoms with Crippen LogP contribution in [0.15, 0.2) is 34.7 Å². The Bertz CT molecular complexity index is 1470. The first-order valence-electron chi connectivity index (χ1n) is 13.1. The van der Waals surface area contributed by atoms with Gasteiger partial charge in [-0.05, 0) is 43.5 Å². The zero-order valence-electron chi connectivity index (χ0n) is 23.0. The van der Waals surface area contributed by atoms with Crippen LogP contribution in [0, 0.1) is 5.82 Å². The normalized spacial score (nSPS) is 19.9. The van der Waals surface area contributed by atoms with E-state index in [1.807, 2.05) is 20.8 Å². The summed E-state index contributed by atoms with van der Waals surface area (Å²) in [5.74, 6) is -0.224. The highest BCUT2D eigenvalue weighted by Crippen LogP contribution is 2.30. The van der Waals surface area contributed by atoms with Gasteiger partial charge in [0.1, 0.15) is 17.1 Å². The minimum atomic E-state index is -0.854. The SMILES string of the molecule is CC.CC1CCC(=O)N1c1ccc2oc(C3NC(=O)NC3=O)cc2n1.COc1ccc2c(c1F)C(=O)N(C)CC2. The van der Waals surface area contributed by atoms with E-state index < -0.39 is 23.8 Å². The van der Waals surface area contributed by atoms with Gasteiger partial charge < -0.3 is 19.4 Å². The third-order valence-electron chi connectivity index (χ3n) is 6.86. The number of benzene rings is 1. The molecule has 212 valence electrons. The number of ether oxygens (including phenoxy) is 1. The standard InChI is InChI=1S/C15H14N4O4.C11H12FNO2.C2H6/c1-7-2-5-12(20)19(7)11-4-3-9-8(16-11)6-10(23-9)13-14(21)18-15(22)17-13;1-13-6-5-7-3-4-8(15-2)10(12)9(7)11(13)14;1-2/h3-4,6-7,13H,2,5H2,1H3,(H2,17,18,21,22);3-4H,5-6H2,1-2H3;1-2H3. The Kier molecular flexibility index (Phi) is 8.36. The number of aromatic nitrogens is 1. The highest BCUT2D eigenvalue weighted by molar-refractivity contribution is 6.04. The molecule has 1 aromatic carbocycles. The number of fused-ring (bicyclic) bond motifs is 2. The summed E-state index contributed by atoms with van der Waals surface area (Å²) in [6, 6.07) is 7.07. The molecule has 3 aliphatic rings. The number of rotatable bonds is 3. The van der Waals surface area contributed by atoms with Crippen molar-refractivity contribution in [2.24, 2.45) is 0 Å². The van der Waals surface area contributed by atoms with Crippen LogP contribution in [0.3, 0.4) is 0 Å². The maximum Gasteiger partial charge on any atom is 0.322 e. The van der Waals surface area contributed by atoms with Crippen LogP contribution < -0.4 is 20.3 Å². The van der Waals surface area contributed by atoms with E-state index in [0.717, 1.165) is 12.0 Å². The Labute approximate surface area is 230 Å². The summed E-state index contributed by atoms with van der Waals surface area (Å²) in [4.78, 5) is 54.3. The Morgan fingerprint density at radius 2 is 1.85 bits per heavy atom. The molecule has 2 fully saturated rings. The molecule has 2 aromatic heterocycles. The number of hydrogen-bond acceptors (Lipinski definition) is 7. The Morgan fingerprint density at radius 1 is 1.10 bits per heavy atom. The summed E-state index contributed by atoms with van der Waals surface area (Å²) in [5.41, 5.74) is 1.95. The van der Waals surface area contributed by atoms with E-state index in [1.165, 1.54) is 12.0 Å². The zero-order valence-corrected chi connectivity index (χ0v) is 23.0. The van der Waals surface area contributed by atoms with Crippen LogP contribution in [0.25, 0.3) is 11.1 Å². The molecule has 5 amide bonds. The number of pyridine rings is 1. The molecule has 2 unspecified atom stereocenters. The second-order valence-electron chi connectivity index (χ2n) is 9.34. The summed E-state index contributed by atoms with van der Waals surface area (Å²) in [5, 5.41) is 4.63. The fourth-order valence-corrected chi connectivity index (χ4v) is 4.78. The minimum absolute atomic E-state index is 0.0514. The van der Waals surface area contributed by atoms with Crippen LogP contribution in [-0.4, -0.2) is 60.4 Å². The Morgan fingerprint density at radius 3 is 2.48 bits per heavy atom. The van der Waals surface area contributed by atoms with Gasteiger partial charge in [-0.3, -0.25) is 24.6 Å². The molecule has 3 aromatic rings. The van der Waals surface area contributed by atoms with Crippen molar-refractivity contribution < 1.29 is 32.7 Å². The number of carbonyl (C=O) groups excluding carboxylic acids is 4. The number of nitrogens with zero attached hydrogens (tertiary/aromatic N) is 3. The number of amides is 5. The third-order valence-corrected chi connectivity index (χ3v) is 6.86. The van der Waals surface area contributed by atoms with Gasteiger partial charge >= 0.3 is 6.03 Å². The number of likely N-dealkylation sites (N-methyl/N-ethyl adjacent to an activating group) is 1. The van der Waals surface area contributed by atoms with Gasteiger partial charge in [0.15, 0.2) is 23.2 Å². The molecule has 0 spiro atoms. The average Bonchev–Trinajstić information content (AvgIpc) is 3.62. The lowest BCUT2D eigenvalue weighted by molar-refractivity contribution is -0.120. The van der Waals surface area contributed by atoms with Gasteiger partial charge in [0.25, 0.3) is 11.8 Å². The first kappa shape index (κ1) is 28.5. The molecular weight excluding hydrogens is 521 g/mol. The van der Waals surface area contributed by atoms with Crippen molar-refractivity contribution in [1.29, 1.82) is 0 Å². The van der Waals surface area contributed by atoms with Gasteiger partial charge in [0.05, 0.1) is 12.7 Å². The number of urea groups is 1. The van der Waals surface area contributed by atoms with E-state index in [0.29, 0.717) is 42.1 Å². The monoisotopic (exact) mass is 553 g/mol. The fourth-order valence-electron chi connectivity index (χ4n) is 4.78. The molecule has 40 heavy (non-hydrogen) atoms. The predicted molar refractivity (Wildman–Crippen MR) is 145 cm³/mol. The van der Waals surface area contributed by atoms with Gasteiger partial charge in [0, 0.05) is 32.1 Å². The van der Waals surface area contributed by atoms with Crippen molar-refractivity contribution in [3.8, 4) is 5.75 Å². The predicted octanol–water partition coefficient (Wildman–Crippen LogP) is 3.71. The van der Waals surface area contributed by atoms with E-state index in [9.17, 15) is 23.6 Å². The first-order valence-corrected chi connectivity index (χ1v) is 13.1. The van der Waals surface area contributed by atoms with Gasteiger partial charge in [-0.15, -0.1) is 0 Å². The number of carbonyl (C=O) groups is 4. The summed E-state index contributed by atoms with van der Waals surface area (Å²) >= 11 is 0. The Balaban J connectivity index is 0.000000189. The van der Waals surface area contributed by atoms with Crippen LogP contribution >= 0.6 is 0 Å². The number of anilines is 1. The lowest BCUT2D eigenvalue weighted by atomic mass is 9.98. The molecule has 5 heterocycles. The fraction of sp³-hybridized carbons (Fsp3) is 0.393. The van der Waals surface area contributed by atoms with E-state index >= 15 is 0 Å². The molecule has 2 saturated heterocycles. The molecule has 0 saturated carbocycles. The minimum Gasteiger partial charge on any atom is -0.494 e. The third kappa shape index (κ3) is 5.33. The molecule has 12 heteroatoms. The lowest BCUT2D eigenvalue weighted by Crippen LogP contribution is -2.35. The number of methoxy groups -OCH3 is 1. The molecular formula is C28H32FN5O6. The first-order chi connectivity index (χ1) is 19.2.